The largest absolute Gasteiger partial charge is 0.335 e. The number of halogens is 1. The zero-order valence-corrected chi connectivity index (χ0v) is 14.2. The molecule has 1 N–H and O–H groups in total. The van der Waals surface area contributed by atoms with Crippen LogP contribution in [-0.4, -0.2) is 33.0 Å². The van der Waals surface area contributed by atoms with Crippen molar-refractivity contribution in [2.24, 2.45) is 0 Å². The highest BCUT2D eigenvalue weighted by atomic mass is 79.9. The standard InChI is InChI=1S/C15H19BrN4O/c1-15(2,3)14-17-12(18-19-14)13(21)20(4)9-10-7-5-6-8-11(10)16/h5-8H,9H2,1-4H3,(H,17,18,19). The summed E-state index contributed by atoms with van der Waals surface area (Å²) in [5.74, 6) is 0.715. The van der Waals surface area contributed by atoms with E-state index in [1.165, 1.54) is 0 Å². The fourth-order valence-electron chi connectivity index (χ4n) is 1.82. The van der Waals surface area contributed by atoms with Gasteiger partial charge in [0.1, 0.15) is 5.82 Å². The highest BCUT2D eigenvalue weighted by Crippen LogP contribution is 2.19. The van der Waals surface area contributed by atoms with Gasteiger partial charge in [-0.15, -0.1) is 5.10 Å². The highest BCUT2D eigenvalue weighted by molar-refractivity contribution is 9.10. The van der Waals surface area contributed by atoms with E-state index in [9.17, 15) is 4.79 Å². The van der Waals surface area contributed by atoms with Gasteiger partial charge in [0, 0.05) is 23.5 Å². The van der Waals surface area contributed by atoms with Gasteiger partial charge in [-0.25, -0.2) is 4.98 Å². The second-order valence-corrected chi connectivity index (χ2v) is 6.86. The predicted molar refractivity (Wildman–Crippen MR) is 85.0 cm³/mol. The summed E-state index contributed by atoms with van der Waals surface area (Å²) in [6, 6.07) is 7.83. The van der Waals surface area contributed by atoms with Gasteiger partial charge in [-0.3, -0.25) is 9.89 Å². The molecule has 0 aliphatic heterocycles. The van der Waals surface area contributed by atoms with E-state index in [0.717, 1.165) is 10.0 Å². The lowest BCUT2D eigenvalue weighted by atomic mass is 9.96. The summed E-state index contributed by atoms with van der Waals surface area (Å²) < 4.78 is 0.981. The van der Waals surface area contributed by atoms with E-state index in [0.29, 0.717) is 12.4 Å². The molecule has 1 amide bonds. The minimum Gasteiger partial charge on any atom is -0.335 e. The Morgan fingerprint density at radius 3 is 2.57 bits per heavy atom. The number of hydrogen-bond acceptors (Lipinski definition) is 3. The molecule has 0 saturated carbocycles. The summed E-state index contributed by atoms with van der Waals surface area (Å²) in [6.07, 6.45) is 0. The smallest absolute Gasteiger partial charge is 0.293 e. The van der Waals surface area contributed by atoms with Crippen molar-refractivity contribution in [3.8, 4) is 0 Å². The van der Waals surface area contributed by atoms with Gasteiger partial charge in [0.15, 0.2) is 0 Å². The molecular formula is C15H19BrN4O. The average molecular weight is 351 g/mol. The highest BCUT2D eigenvalue weighted by Gasteiger charge is 2.23. The Labute approximate surface area is 132 Å². The van der Waals surface area contributed by atoms with E-state index in [1.807, 2.05) is 45.0 Å². The molecule has 5 nitrogen and oxygen atoms in total. The minimum absolute atomic E-state index is 0.160. The van der Waals surface area contributed by atoms with Gasteiger partial charge >= 0.3 is 0 Å². The third kappa shape index (κ3) is 3.69. The first-order valence-corrected chi connectivity index (χ1v) is 7.50. The molecule has 0 saturated heterocycles. The Hall–Kier alpha value is -1.69. The Morgan fingerprint density at radius 2 is 2.00 bits per heavy atom. The summed E-state index contributed by atoms with van der Waals surface area (Å²) in [6.45, 7) is 6.56. The van der Waals surface area contributed by atoms with Crippen molar-refractivity contribution in [3.05, 3.63) is 46.0 Å². The molecule has 2 rings (SSSR count). The van der Waals surface area contributed by atoms with Crippen molar-refractivity contribution in [2.75, 3.05) is 7.05 Å². The number of carbonyl (C=O) groups excluding carboxylic acids is 1. The van der Waals surface area contributed by atoms with Gasteiger partial charge in [-0.1, -0.05) is 54.9 Å². The fraction of sp³-hybridized carbons (Fsp3) is 0.400. The number of hydrogen-bond donors (Lipinski definition) is 1. The Bertz CT molecular complexity index is 645. The van der Waals surface area contributed by atoms with E-state index in [2.05, 4.69) is 31.1 Å². The number of benzene rings is 1. The van der Waals surface area contributed by atoms with E-state index in [-0.39, 0.29) is 17.1 Å². The van der Waals surface area contributed by atoms with Crippen LogP contribution in [0.3, 0.4) is 0 Å². The Kier molecular flexibility index (Phi) is 4.46. The number of rotatable bonds is 3. The summed E-state index contributed by atoms with van der Waals surface area (Å²) in [7, 11) is 1.74. The van der Waals surface area contributed by atoms with Gasteiger partial charge < -0.3 is 4.90 Å². The van der Waals surface area contributed by atoms with E-state index in [1.54, 1.807) is 11.9 Å². The van der Waals surface area contributed by atoms with Crippen LogP contribution in [0.1, 0.15) is 42.8 Å². The molecule has 0 bridgehead atoms. The van der Waals surface area contributed by atoms with E-state index in [4.69, 9.17) is 0 Å². The first-order chi connectivity index (χ1) is 9.79. The SMILES string of the molecule is CN(Cc1ccccc1Br)C(=O)c1n[nH]c(C(C)(C)C)n1. The van der Waals surface area contributed by atoms with Gasteiger partial charge in [-0.05, 0) is 11.6 Å². The van der Waals surface area contributed by atoms with Crippen molar-refractivity contribution in [1.29, 1.82) is 0 Å². The summed E-state index contributed by atoms with van der Waals surface area (Å²) >= 11 is 3.48. The lowest BCUT2D eigenvalue weighted by Crippen LogP contribution is -2.27. The number of aromatic nitrogens is 3. The van der Waals surface area contributed by atoms with Crippen molar-refractivity contribution in [2.45, 2.75) is 32.7 Å². The summed E-state index contributed by atoms with van der Waals surface area (Å²) in [5.41, 5.74) is 0.881. The van der Waals surface area contributed by atoms with Crippen LogP contribution in [0.2, 0.25) is 0 Å². The number of carbonyl (C=O) groups is 1. The maximum Gasteiger partial charge on any atom is 0.293 e. The zero-order valence-electron chi connectivity index (χ0n) is 12.6. The molecule has 1 heterocycles. The van der Waals surface area contributed by atoms with Gasteiger partial charge in [0.2, 0.25) is 5.82 Å². The topological polar surface area (TPSA) is 61.9 Å². The van der Waals surface area contributed by atoms with Crippen molar-refractivity contribution < 1.29 is 4.79 Å². The molecular weight excluding hydrogens is 332 g/mol. The van der Waals surface area contributed by atoms with Crippen LogP contribution in [-0.2, 0) is 12.0 Å². The van der Waals surface area contributed by atoms with Crippen LogP contribution in [0.5, 0.6) is 0 Å². The third-order valence-electron chi connectivity index (χ3n) is 3.10. The predicted octanol–water partition coefficient (Wildman–Crippen LogP) is 3.14. The average Bonchev–Trinajstić information content (AvgIpc) is 2.90. The molecule has 21 heavy (non-hydrogen) atoms. The molecule has 0 aliphatic carbocycles. The molecule has 0 spiro atoms. The van der Waals surface area contributed by atoms with Crippen molar-refractivity contribution in [3.63, 3.8) is 0 Å². The number of amides is 1. The van der Waals surface area contributed by atoms with Crippen LogP contribution >= 0.6 is 15.9 Å². The molecule has 0 atom stereocenters. The van der Waals surface area contributed by atoms with Gasteiger partial charge in [0.05, 0.1) is 0 Å². The van der Waals surface area contributed by atoms with E-state index < -0.39 is 0 Å². The quantitative estimate of drug-likeness (QED) is 0.924. The van der Waals surface area contributed by atoms with Crippen LogP contribution in [0.25, 0.3) is 0 Å². The molecule has 0 fully saturated rings. The van der Waals surface area contributed by atoms with Crippen molar-refractivity contribution in [1.82, 2.24) is 20.1 Å². The maximum atomic E-state index is 12.4. The number of nitrogens with one attached hydrogen (secondary N) is 1. The third-order valence-corrected chi connectivity index (χ3v) is 3.87. The lowest BCUT2D eigenvalue weighted by molar-refractivity contribution is 0.0773. The second kappa shape index (κ2) is 5.97. The molecule has 6 heteroatoms. The zero-order chi connectivity index (χ0) is 15.6. The van der Waals surface area contributed by atoms with Crippen LogP contribution in [0.4, 0.5) is 0 Å². The minimum atomic E-state index is -0.197. The molecule has 0 unspecified atom stereocenters. The number of aromatic amines is 1. The second-order valence-electron chi connectivity index (χ2n) is 6.01. The fourth-order valence-corrected chi connectivity index (χ4v) is 2.23. The Balaban J connectivity index is 2.13. The Morgan fingerprint density at radius 1 is 1.33 bits per heavy atom. The van der Waals surface area contributed by atoms with Crippen LogP contribution in [0, 0.1) is 0 Å². The van der Waals surface area contributed by atoms with Crippen LogP contribution in [0.15, 0.2) is 28.7 Å². The normalized spacial score (nSPS) is 11.5. The first-order valence-electron chi connectivity index (χ1n) is 6.71. The number of nitrogens with zero attached hydrogens (tertiary/aromatic N) is 3. The monoisotopic (exact) mass is 350 g/mol. The number of H-pyrrole nitrogens is 1. The van der Waals surface area contributed by atoms with Gasteiger partial charge in [-0.2, -0.15) is 0 Å². The van der Waals surface area contributed by atoms with E-state index >= 15 is 0 Å². The van der Waals surface area contributed by atoms with Crippen molar-refractivity contribution >= 4 is 21.8 Å². The summed E-state index contributed by atoms with van der Waals surface area (Å²) in [4.78, 5) is 18.3. The molecule has 1 aromatic carbocycles. The first kappa shape index (κ1) is 15.7. The summed E-state index contributed by atoms with van der Waals surface area (Å²) in [5, 5.41) is 6.87. The molecule has 0 radical (unpaired) electrons. The molecule has 112 valence electrons. The molecule has 2 aromatic rings. The maximum absolute atomic E-state index is 12.4. The van der Waals surface area contributed by atoms with Gasteiger partial charge in [0.25, 0.3) is 5.91 Å². The lowest BCUT2D eigenvalue weighted by Gasteiger charge is -2.16. The van der Waals surface area contributed by atoms with Crippen LogP contribution < -0.4 is 0 Å². The molecule has 1 aromatic heterocycles. The molecule has 0 aliphatic rings.